The lowest BCUT2D eigenvalue weighted by atomic mass is 9.94. The standard InChI is InChI=1S/C22H22BNO4/c1-27-21-11-17(7-8-18(21)13-23)20(25)14-24-10-9-19(12-22(24)26)28-15-16-5-3-2-4-6-16/h2-12H,13-15,23H2,1H3. The largest absolute Gasteiger partial charge is 0.496 e. The highest BCUT2D eigenvalue weighted by atomic mass is 16.5. The van der Waals surface area contributed by atoms with Crippen molar-refractivity contribution in [3.8, 4) is 11.5 Å². The van der Waals surface area contributed by atoms with Gasteiger partial charge in [-0.25, -0.2) is 0 Å². The lowest BCUT2D eigenvalue weighted by molar-refractivity contribution is 0.0970. The number of carbonyl (C=O) groups is 1. The van der Waals surface area contributed by atoms with Crippen LogP contribution in [-0.2, 0) is 19.5 Å². The summed E-state index contributed by atoms with van der Waals surface area (Å²) < 4.78 is 12.4. The number of rotatable bonds is 8. The molecule has 3 aromatic rings. The lowest BCUT2D eigenvalue weighted by Crippen LogP contribution is -2.23. The number of benzene rings is 2. The number of hydrogen-bond donors (Lipinski definition) is 0. The maximum atomic E-state index is 12.6. The van der Waals surface area contributed by atoms with Crippen molar-refractivity contribution in [1.82, 2.24) is 4.57 Å². The molecule has 142 valence electrons. The molecule has 3 rings (SSSR count). The van der Waals surface area contributed by atoms with Crippen LogP contribution in [0, 0.1) is 0 Å². The van der Waals surface area contributed by atoms with Gasteiger partial charge >= 0.3 is 0 Å². The van der Waals surface area contributed by atoms with Crippen molar-refractivity contribution in [3.63, 3.8) is 0 Å². The van der Waals surface area contributed by atoms with Crippen LogP contribution in [0.15, 0.2) is 71.7 Å². The van der Waals surface area contributed by atoms with Crippen LogP contribution in [0.5, 0.6) is 11.5 Å². The van der Waals surface area contributed by atoms with Crippen molar-refractivity contribution in [2.45, 2.75) is 19.5 Å². The molecular formula is C22H22BNO4. The van der Waals surface area contributed by atoms with E-state index < -0.39 is 0 Å². The van der Waals surface area contributed by atoms with E-state index in [9.17, 15) is 9.59 Å². The van der Waals surface area contributed by atoms with Crippen LogP contribution >= 0.6 is 0 Å². The highest BCUT2D eigenvalue weighted by Crippen LogP contribution is 2.20. The summed E-state index contributed by atoms with van der Waals surface area (Å²) in [6.45, 7) is 0.346. The van der Waals surface area contributed by atoms with Gasteiger partial charge in [0.25, 0.3) is 5.56 Å². The maximum absolute atomic E-state index is 12.6. The number of methoxy groups -OCH3 is 1. The van der Waals surface area contributed by atoms with E-state index in [1.807, 2.05) is 44.2 Å². The van der Waals surface area contributed by atoms with E-state index in [0.29, 0.717) is 23.7 Å². The fourth-order valence-corrected chi connectivity index (χ4v) is 2.91. The fourth-order valence-electron chi connectivity index (χ4n) is 2.91. The first kappa shape index (κ1) is 19.5. The molecule has 1 heterocycles. The Morgan fingerprint density at radius 1 is 1.07 bits per heavy atom. The molecule has 0 saturated heterocycles. The third kappa shape index (κ3) is 4.71. The summed E-state index contributed by atoms with van der Waals surface area (Å²) in [5, 5.41) is 0. The molecule has 0 amide bonds. The summed E-state index contributed by atoms with van der Waals surface area (Å²) in [5.74, 6) is 1.01. The van der Waals surface area contributed by atoms with Crippen molar-refractivity contribution >= 4 is 13.6 Å². The van der Waals surface area contributed by atoms with Crippen LogP contribution < -0.4 is 15.0 Å². The SMILES string of the molecule is BCc1ccc(C(=O)Cn2ccc(OCc3ccccc3)cc2=O)cc1OC. The van der Waals surface area contributed by atoms with E-state index in [-0.39, 0.29) is 17.9 Å². The normalized spacial score (nSPS) is 10.5. The molecule has 5 nitrogen and oxygen atoms in total. The molecule has 0 saturated carbocycles. The van der Waals surface area contributed by atoms with Crippen molar-refractivity contribution in [1.29, 1.82) is 0 Å². The molecule has 0 spiro atoms. The third-order valence-corrected chi connectivity index (χ3v) is 4.52. The molecule has 0 atom stereocenters. The number of ketones is 1. The molecule has 1 aromatic heterocycles. The Labute approximate surface area is 165 Å². The number of nitrogens with zero attached hydrogens (tertiary/aromatic N) is 1. The summed E-state index contributed by atoms with van der Waals surface area (Å²) in [6.07, 6.45) is 2.40. The molecule has 6 heteroatoms. The van der Waals surface area contributed by atoms with Crippen LogP contribution in [0.2, 0.25) is 0 Å². The van der Waals surface area contributed by atoms with Crippen molar-refractivity contribution in [3.05, 3.63) is 93.9 Å². The quantitative estimate of drug-likeness (QED) is 0.448. The zero-order valence-corrected chi connectivity index (χ0v) is 16.1. The van der Waals surface area contributed by atoms with E-state index >= 15 is 0 Å². The average molecular weight is 375 g/mol. The topological polar surface area (TPSA) is 57.5 Å². The number of carbonyl (C=O) groups excluding carboxylic acids is 1. The highest BCUT2D eigenvalue weighted by molar-refractivity contribution is 6.08. The van der Waals surface area contributed by atoms with E-state index in [4.69, 9.17) is 9.47 Å². The fraction of sp³-hybridized carbons (Fsp3) is 0.182. The number of hydrogen-bond acceptors (Lipinski definition) is 4. The summed E-state index contributed by atoms with van der Waals surface area (Å²) >= 11 is 0. The van der Waals surface area contributed by atoms with Crippen LogP contribution in [0.3, 0.4) is 0 Å². The van der Waals surface area contributed by atoms with E-state index in [0.717, 1.165) is 17.4 Å². The number of pyridine rings is 1. The first-order valence-electron chi connectivity index (χ1n) is 9.18. The van der Waals surface area contributed by atoms with Gasteiger partial charge < -0.3 is 14.0 Å². The van der Waals surface area contributed by atoms with E-state index in [1.165, 1.54) is 10.6 Å². The monoisotopic (exact) mass is 375 g/mol. The summed E-state index contributed by atoms with van der Waals surface area (Å²) in [6, 6.07) is 18.2. The second-order valence-corrected chi connectivity index (χ2v) is 6.41. The molecule has 2 aromatic carbocycles. The zero-order valence-electron chi connectivity index (χ0n) is 16.1. The minimum absolute atomic E-state index is 0.0353. The summed E-state index contributed by atoms with van der Waals surface area (Å²) in [7, 11) is 3.61. The predicted octanol–water partition coefficient (Wildman–Crippen LogP) is 2.45. The Hall–Kier alpha value is -3.28. The van der Waals surface area contributed by atoms with Gasteiger partial charge in [0.15, 0.2) is 5.78 Å². The smallest absolute Gasteiger partial charge is 0.254 e. The maximum Gasteiger partial charge on any atom is 0.254 e. The van der Waals surface area contributed by atoms with Crippen LogP contribution in [0.1, 0.15) is 21.5 Å². The first-order valence-corrected chi connectivity index (χ1v) is 9.18. The Morgan fingerprint density at radius 3 is 2.54 bits per heavy atom. The molecular weight excluding hydrogens is 353 g/mol. The number of ether oxygens (including phenoxy) is 2. The summed E-state index contributed by atoms with van der Waals surface area (Å²) in [5.41, 5.74) is 2.30. The van der Waals surface area contributed by atoms with E-state index in [1.54, 1.807) is 31.5 Å². The molecule has 0 aliphatic carbocycles. The minimum atomic E-state index is -0.281. The molecule has 0 unspecified atom stereocenters. The van der Waals surface area contributed by atoms with Gasteiger partial charge in [0.1, 0.15) is 26.0 Å². The van der Waals surface area contributed by atoms with Gasteiger partial charge in [-0.3, -0.25) is 9.59 Å². The van der Waals surface area contributed by atoms with Gasteiger partial charge in [-0.2, -0.15) is 0 Å². The second-order valence-electron chi connectivity index (χ2n) is 6.41. The van der Waals surface area contributed by atoms with Crippen LogP contribution in [-0.4, -0.2) is 25.3 Å². The Morgan fingerprint density at radius 2 is 1.86 bits per heavy atom. The Kier molecular flexibility index (Phi) is 6.32. The van der Waals surface area contributed by atoms with Crippen LogP contribution in [0.25, 0.3) is 0 Å². The van der Waals surface area contributed by atoms with Gasteiger partial charge in [0.2, 0.25) is 0 Å². The van der Waals surface area contributed by atoms with Gasteiger partial charge in [-0.05, 0) is 23.3 Å². The summed E-state index contributed by atoms with van der Waals surface area (Å²) in [4.78, 5) is 24.9. The van der Waals surface area contributed by atoms with Gasteiger partial charge in [0.05, 0.1) is 13.7 Å². The zero-order chi connectivity index (χ0) is 19.9. The highest BCUT2D eigenvalue weighted by Gasteiger charge is 2.11. The van der Waals surface area contributed by atoms with Crippen molar-refractivity contribution in [2.24, 2.45) is 0 Å². The molecule has 0 aliphatic heterocycles. The molecule has 0 N–H and O–H groups in total. The molecule has 0 bridgehead atoms. The molecule has 0 fully saturated rings. The van der Waals surface area contributed by atoms with Gasteiger partial charge in [-0.15, -0.1) is 0 Å². The molecule has 0 aliphatic rings. The Bertz CT molecular complexity index is 1010. The Balaban J connectivity index is 1.69. The predicted molar refractivity (Wildman–Crippen MR) is 111 cm³/mol. The minimum Gasteiger partial charge on any atom is -0.496 e. The van der Waals surface area contributed by atoms with Gasteiger partial charge in [0, 0.05) is 17.8 Å². The molecule has 0 radical (unpaired) electrons. The first-order chi connectivity index (χ1) is 13.6. The average Bonchev–Trinajstić information content (AvgIpc) is 2.74. The van der Waals surface area contributed by atoms with Crippen molar-refractivity contribution < 1.29 is 14.3 Å². The van der Waals surface area contributed by atoms with Gasteiger partial charge in [-0.1, -0.05) is 48.8 Å². The van der Waals surface area contributed by atoms with Crippen LogP contribution in [0.4, 0.5) is 0 Å². The number of aromatic nitrogens is 1. The van der Waals surface area contributed by atoms with Crippen molar-refractivity contribution in [2.75, 3.05) is 7.11 Å². The third-order valence-electron chi connectivity index (χ3n) is 4.52. The van der Waals surface area contributed by atoms with E-state index in [2.05, 4.69) is 0 Å². The lowest BCUT2D eigenvalue weighted by Gasteiger charge is -2.11. The second kappa shape index (κ2) is 9.08. The molecule has 28 heavy (non-hydrogen) atoms. The number of Topliss-reactive ketones (excluding diaryl/α,β-unsaturated/α-hetero) is 1.